The van der Waals surface area contributed by atoms with Crippen LogP contribution in [0.5, 0.6) is 0 Å². The van der Waals surface area contributed by atoms with Crippen LogP contribution in [0, 0.1) is 0 Å². The third-order valence-corrected chi connectivity index (χ3v) is 4.09. The van der Waals surface area contributed by atoms with Crippen LogP contribution < -0.4 is 15.4 Å². The van der Waals surface area contributed by atoms with Gasteiger partial charge in [-0.3, -0.25) is 0 Å². The number of sulfonamides is 1. The van der Waals surface area contributed by atoms with Crippen molar-refractivity contribution in [3.63, 3.8) is 0 Å². The van der Waals surface area contributed by atoms with E-state index in [2.05, 4.69) is 22.3 Å². The molecule has 2 rings (SSSR count). The van der Waals surface area contributed by atoms with Gasteiger partial charge in [0.2, 0.25) is 10.0 Å². The molecule has 1 aliphatic heterocycles. The van der Waals surface area contributed by atoms with Crippen LogP contribution in [0.1, 0.15) is 18.4 Å². The molecule has 1 saturated heterocycles. The summed E-state index contributed by atoms with van der Waals surface area (Å²) in [6.07, 6.45) is 2.49. The van der Waals surface area contributed by atoms with Crippen molar-refractivity contribution in [1.29, 1.82) is 0 Å². The molecule has 0 atom stereocenters. The molecule has 0 unspecified atom stereocenters. The Bertz CT molecular complexity index is 510. The van der Waals surface area contributed by atoms with Crippen LogP contribution in [0.25, 0.3) is 0 Å². The van der Waals surface area contributed by atoms with Crippen molar-refractivity contribution in [3.05, 3.63) is 29.8 Å². The number of nitrogens with one attached hydrogen (secondary N) is 1. The first kappa shape index (κ1) is 14.3. The molecule has 0 amide bonds. The van der Waals surface area contributed by atoms with Gasteiger partial charge in [-0.1, -0.05) is 18.2 Å². The third-order valence-electron chi connectivity index (χ3n) is 3.32. The van der Waals surface area contributed by atoms with Gasteiger partial charge in [-0.05, 0) is 24.5 Å². The quantitative estimate of drug-likeness (QED) is 0.752. The predicted octanol–water partition coefficient (Wildman–Crippen LogP) is 0.665. The maximum Gasteiger partial charge on any atom is 0.210 e. The Morgan fingerprint density at radius 3 is 2.58 bits per heavy atom. The Balaban J connectivity index is 1.92. The number of primary sulfonamides is 1. The van der Waals surface area contributed by atoms with E-state index in [0.29, 0.717) is 13.1 Å². The van der Waals surface area contributed by atoms with E-state index < -0.39 is 10.0 Å². The summed E-state index contributed by atoms with van der Waals surface area (Å²) in [5, 5.41) is 8.10. The predicted molar refractivity (Wildman–Crippen MR) is 77.6 cm³/mol. The van der Waals surface area contributed by atoms with Crippen molar-refractivity contribution in [2.24, 2.45) is 5.14 Å². The lowest BCUT2D eigenvalue weighted by Gasteiger charge is -2.21. The monoisotopic (exact) mass is 283 g/mol. The molecule has 0 saturated carbocycles. The van der Waals surface area contributed by atoms with Gasteiger partial charge >= 0.3 is 0 Å². The van der Waals surface area contributed by atoms with Gasteiger partial charge in [0.05, 0.1) is 5.75 Å². The van der Waals surface area contributed by atoms with Gasteiger partial charge in [0.15, 0.2) is 0 Å². The zero-order valence-corrected chi connectivity index (χ0v) is 11.8. The number of hydrogen-bond acceptors (Lipinski definition) is 4. The molecule has 1 fully saturated rings. The fourth-order valence-corrected chi connectivity index (χ4v) is 2.79. The van der Waals surface area contributed by atoms with E-state index in [1.54, 1.807) is 0 Å². The second-order valence-corrected chi connectivity index (χ2v) is 6.60. The molecule has 1 aliphatic rings. The van der Waals surface area contributed by atoms with Gasteiger partial charge in [0.25, 0.3) is 0 Å². The Morgan fingerprint density at radius 1 is 1.21 bits per heavy atom. The second kappa shape index (κ2) is 6.36. The molecule has 0 bridgehead atoms. The van der Waals surface area contributed by atoms with Crippen molar-refractivity contribution in [1.82, 2.24) is 5.32 Å². The first-order valence-electron chi connectivity index (χ1n) is 6.60. The lowest BCUT2D eigenvalue weighted by atomic mass is 10.1. The highest BCUT2D eigenvalue weighted by Gasteiger charge is 2.14. The van der Waals surface area contributed by atoms with E-state index in [1.165, 1.54) is 24.1 Å². The zero-order valence-electron chi connectivity index (χ0n) is 11.0. The van der Waals surface area contributed by atoms with E-state index in [-0.39, 0.29) is 5.75 Å². The van der Waals surface area contributed by atoms with Crippen LogP contribution in [-0.4, -0.2) is 33.8 Å². The number of anilines is 1. The molecule has 1 aromatic carbocycles. The molecule has 5 nitrogen and oxygen atoms in total. The summed E-state index contributed by atoms with van der Waals surface area (Å²) in [6.45, 7) is 3.26. The van der Waals surface area contributed by atoms with Crippen molar-refractivity contribution < 1.29 is 8.42 Å². The second-order valence-electron chi connectivity index (χ2n) is 4.87. The van der Waals surface area contributed by atoms with Crippen molar-refractivity contribution in [2.45, 2.75) is 19.4 Å². The summed E-state index contributed by atoms with van der Waals surface area (Å²) >= 11 is 0. The number of para-hydroxylation sites is 1. The Labute approximate surface area is 114 Å². The number of rotatable bonds is 6. The van der Waals surface area contributed by atoms with Gasteiger partial charge in [0.1, 0.15) is 0 Å². The minimum Gasteiger partial charge on any atom is -0.371 e. The molecule has 6 heteroatoms. The van der Waals surface area contributed by atoms with E-state index in [4.69, 9.17) is 5.14 Å². The maximum absolute atomic E-state index is 10.8. The minimum absolute atomic E-state index is 0.0289. The highest BCUT2D eigenvalue weighted by molar-refractivity contribution is 7.89. The molecule has 19 heavy (non-hydrogen) atoms. The zero-order chi connectivity index (χ0) is 13.7. The summed E-state index contributed by atoms with van der Waals surface area (Å²) in [4.78, 5) is 2.39. The number of benzene rings is 1. The van der Waals surface area contributed by atoms with Crippen molar-refractivity contribution >= 4 is 15.7 Å². The van der Waals surface area contributed by atoms with Crippen LogP contribution in [-0.2, 0) is 16.6 Å². The third kappa shape index (κ3) is 4.49. The molecule has 0 radical (unpaired) electrons. The lowest BCUT2D eigenvalue weighted by molar-refractivity contribution is 0.592. The molecule has 1 aromatic rings. The highest BCUT2D eigenvalue weighted by Crippen LogP contribution is 2.24. The van der Waals surface area contributed by atoms with Crippen LogP contribution in [0.15, 0.2) is 24.3 Å². The Hall–Kier alpha value is -1.11. The average Bonchev–Trinajstić information content (AvgIpc) is 2.88. The molecule has 3 N–H and O–H groups in total. The topological polar surface area (TPSA) is 75.4 Å². The summed E-state index contributed by atoms with van der Waals surface area (Å²) < 4.78 is 21.7. The van der Waals surface area contributed by atoms with E-state index in [0.717, 1.165) is 13.1 Å². The largest absolute Gasteiger partial charge is 0.371 e. The lowest BCUT2D eigenvalue weighted by Crippen LogP contribution is -2.27. The molecular weight excluding hydrogens is 262 g/mol. The van der Waals surface area contributed by atoms with Crippen molar-refractivity contribution in [3.8, 4) is 0 Å². The number of nitrogens with zero attached hydrogens (tertiary/aromatic N) is 1. The molecule has 1 heterocycles. The van der Waals surface area contributed by atoms with Gasteiger partial charge < -0.3 is 10.2 Å². The first-order chi connectivity index (χ1) is 9.06. The van der Waals surface area contributed by atoms with E-state index in [1.807, 2.05) is 12.1 Å². The van der Waals surface area contributed by atoms with Crippen LogP contribution in [0.4, 0.5) is 5.69 Å². The summed E-state index contributed by atoms with van der Waals surface area (Å²) in [5.74, 6) is -0.0289. The van der Waals surface area contributed by atoms with E-state index >= 15 is 0 Å². The molecule has 106 valence electrons. The molecular formula is C13H21N3O2S. The molecule has 0 aromatic heterocycles. The standard InChI is InChI=1S/C13H21N3O2S/c14-19(17,18)10-7-15-11-12-5-1-2-6-13(12)16-8-3-4-9-16/h1-2,5-6,15H,3-4,7-11H2,(H2,14,17,18). The first-order valence-corrected chi connectivity index (χ1v) is 8.32. The number of hydrogen-bond donors (Lipinski definition) is 2. The maximum atomic E-state index is 10.8. The summed E-state index contributed by atoms with van der Waals surface area (Å²) in [5.41, 5.74) is 2.46. The summed E-state index contributed by atoms with van der Waals surface area (Å²) in [7, 11) is -3.38. The fraction of sp³-hybridized carbons (Fsp3) is 0.538. The van der Waals surface area contributed by atoms with Crippen LogP contribution in [0.2, 0.25) is 0 Å². The van der Waals surface area contributed by atoms with Crippen LogP contribution in [0.3, 0.4) is 0 Å². The molecule has 0 aliphatic carbocycles. The normalized spacial score (nSPS) is 15.9. The van der Waals surface area contributed by atoms with E-state index in [9.17, 15) is 8.42 Å². The summed E-state index contributed by atoms with van der Waals surface area (Å²) in [6, 6.07) is 8.26. The van der Waals surface area contributed by atoms with Crippen LogP contribution >= 0.6 is 0 Å². The minimum atomic E-state index is -3.38. The fourth-order valence-electron chi connectivity index (χ4n) is 2.36. The Kier molecular flexibility index (Phi) is 4.79. The van der Waals surface area contributed by atoms with Crippen molar-refractivity contribution in [2.75, 3.05) is 30.3 Å². The highest BCUT2D eigenvalue weighted by atomic mass is 32.2. The molecule has 0 spiro atoms. The van der Waals surface area contributed by atoms with Gasteiger partial charge in [-0.15, -0.1) is 0 Å². The number of nitrogens with two attached hydrogens (primary N) is 1. The van der Waals surface area contributed by atoms with Gasteiger partial charge in [0, 0.05) is 31.9 Å². The Morgan fingerprint density at radius 2 is 1.89 bits per heavy atom. The SMILES string of the molecule is NS(=O)(=O)CCNCc1ccccc1N1CCCC1. The van der Waals surface area contributed by atoms with Gasteiger partial charge in [-0.2, -0.15) is 0 Å². The van der Waals surface area contributed by atoms with Gasteiger partial charge in [-0.25, -0.2) is 13.6 Å². The smallest absolute Gasteiger partial charge is 0.210 e. The average molecular weight is 283 g/mol.